The van der Waals surface area contributed by atoms with Gasteiger partial charge in [0.25, 0.3) is 5.91 Å². The Morgan fingerprint density at radius 1 is 1.35 bits per heavy atom. The summed E-state index contributed by atoms with van der Waals surface area (Å²) in [4.78, 5) is 15.0. The highest BCUT2D eigenvalue weighted by Gasteiger charge is 2.15. The molecule has 102 valence electrons. The highest BCUT2D eigenvalue weighted by atomic mass is 19.1. The van der Waals surface area contributed by atoms with Crippen LogP contribution < -0.4 is 15.4 Å². The van der Waals surface area contributed by atoms with Crippen LogP contribution >= 0.6 is 0 Å². The summed E-state index contributed by atoms with van der Waals surface area (Å²) in [6.07, 6.45) is 0. The Morgan fingerprint density at radius 2 is 2.25 bits per heavy atom. The van der Waals surface area contributed by atoms with Gasteiger partial charge < -0.3 is 15.4 Å². The molecule has 2 aromatic rings. The molecule has 0 saturated carbocycles. The van der Waals surface area contributed by atoms with Gasteiger partial charge in [0.15, 0.2) is 6.61 Å². The van der Waals surface area contributed by atoms with E-state index < -0.39 is 5.95 Å². The van der Waals surface area contributed by atoms with Crippen LogP contribution in [0.25, 0.3) is 0 Å². The van der Waals surface area contributed by atoms with Gasteiger partial charge in [-0.1, -0.05) is 12.1 Å². The van der Waals surface area contributed by atoms with E-state index in [1.807, 2.05) is 12.1 Å². The fourth-order valence-electron chi connectivity index (χ4n) is 1.94. The molecule has 0 aliphatic carbocycles. The van der Waals surface area contributed by atoms with E-state index in [0.29, 0.717) is 23.8 Å². The molecule has 1 aliphatic heterocycles. The molecule has 2 heterocycles. The summed E-state index contributed by atoms with van der Waals surface area (Å²) < 4.78 is 18.2. The second-order valence-electron chi connectivity index (χ2n) is 4.37. The molecule has 2 N–H and O–H groups in total. The Balaban J connectivity index is 1.72. The third-order valence-electron chi connectivity index (χ3n) is 2.87. The second-order valence-corrected chi connectivity index (χ2v) is 4.37. The first-order valence-corrected chi connectivity index (χ1v) is 6.13. The van der Waals surface area contributed by atoms with Crippen molar-refractivity contribution >= 4 is 17.4 Å². The number of anilines is 2. The molecule has 0 radical (unpaired) electrons. The van der Waals surface area contributed by atoms with Gasteiger partial charge in [0.2, 0.25) is 5.95 Å². The molecule has 5 nitrogen and oxygen atoms in total. The van der Waals surface area contributed by atoms with Gasteiger partial charge in [0.05, 0.1) is 5.69 Å². The van der Waals surface area contributed by atoms with Crippen LogP contribution in [0.1, 0.15) is 5.56 Å². The minimum Gasteiger partial charge on any atom is -0.482 e. The average Bonchev–Trinajstić information content (AvgIpc) is 2.45. The molecule has 20 heavy (non-hydrogen) atoms. The van der Waals surface area contributed by atoms with E-state index in [1.165, 1.54) is 6.07 Å². The summed E-state index contributed by atoms with van der Waals surface area (Å²) in [6.45, 7) is 0.511. The molecule has 1 amide bonds. The Morgan fingerprint density at radius 3 is 3.10 bits per heavy atom. The fourth-order valence-corrected chi connectivity index (χ4v) is 1.94. The monoisotopic (exact) mass is 273 g/mol. The third kappa shape index (κ3) is 2.69. The molecular formula is C14H12FN3O2. The number of benzene rings is 1. The van der Waals surface area contributed by atoms with E-state index in [-0.39, 0.29) is 12.5 Å². The molecule has 6 heteroatoms. The molecule has 0 bridgehead atoms. The van der Waals surface area contributed by atoms with Gasteiger partial charge in [-0.3, -0.25) is 4.79 Å². The lowest BCUT2D eigenvalue weighted by atomic mass is 10.1. The zero-order chi connectivity index (χ0) is 13.9. The first kappa shape index (κ1) is 12.4. The number of hydrogen-bond donors (Lipinski definition) is 2. The molecule has 3 rings (SSSR count). The number of carbonyl (C=O) groups is 1. The summed E-state index contributed by atoms with van der Waals surface area (Å²) in [5.74, 6) is 0.413. The van der Waals surface area contributed by atoms with Crippen LogP contribution in [0.5, 0.6) is 5.75 Å². The van der Waals surface area contributed by atoms with Gasteiger partial charge in [0, 0.05) is 6.54 Å². The quantitative estimate of drug-likeness (QED) is 0.841. The van der Waals surface area contributed by atoms with Crippen molar-refractivity contribution in [3.05, 3.63) is 47.9 Å². The summed E-state index contributed by atoms with van der Waals surface area (Å²) in [5, 5.41) is 5.76. The van der Waals surface area contributed by atoms with Crippen molar-refractivity contribution < 1.29 is 13.9 Å². The first-order chi connectivity index (χ1) is 9.70. The topological polar surface area (TPSA) is 63.2 Å². The van der Waals surface area contributed by atoms with Gasteiger partial charge >= 0.3 is 0 Å². The smallest absolute Gasteiger partial charge is 0.262 e. The number of nitrogens with zero attached hydrogens (tertiary/aromatic N) is 1. The maximum absolute atomic E-state index is 12.9. The molecule has 1 aromatic carbocycles. The summed E-state index contributed by atoms with van der Waals surface area (Å²) in [6, 6.07) is 10.1. The van der Waals surface area contributed by atoms with Gasteiger partial charge in [0.1, 0.15) is 11.6 Å². The average molecular weight is 273 g/mol. The molecule has 1 aromatic heterocycles. The molecule has 0 fully saturated rings. The number of aromatic nitrogens is 1. The van der Waals surface area contributed by atoms with Crippen molar-refractivity contribution in [1.82, 2.24) is 4.98 Å². The number of hydrogen-bond acceptors (Lipinski definition) is 4. The number of ether oxygens (including phenoxy) is 1. The summed E-state index contributed by atoms with van der Waals surface area (Å²) >= 11 is 0. The largest absolute Gasteiger partial charge is 0.482 e. The number of halogens is 1. The van der Waals surface area contributed by atoms with E-state index in [2.05, 4.69) is 15.6 Å². The lowest BCUT2D eigenvalue weighted by molar-refractivity contribution is -0.118. The zero-order valence-electron chi connectivity index (χ0n) is 10.5. The van der Waals surface area contributed by atoms with Crippen LogP contribution in [-0.4, -0.2) is 17.5 Å². The van der Waals surface area contributed by atoms with Crippen molar-refractivity contribution in [2.24, 2.45) is 0 Å². The number of rotatable bonds is 3. The first-order valence-electron chi connectivity index (χ1n) is 6.13. The second kappa shape index (κ2) is 5.16. The van der Waals surface area contributed by atoms with Crippen LogP contribution in [0.3, 0.4) is 0 Å². The minimum absolute atomic E-state index is 0.0395. The van der Waals surface area contributed by atoms with Crippen LogP contribution in [-0.2, 0) is 11.3 Å². The minimum atomic E-state index is -0.527. The van der Waals surface area contributed by atoms with Crippen molar-refractivity contribution in [2.45, 2.75) is 6.54 Å². The summed E-state index contributed by atoms with van der Waals surface area (Å²) in [5.41, 5.74) is 1.58. The maximum atomic E-state index is 12.9. The zero-order valence-corrected chi connectivity index (χ0v) is 10.5. The molecule has 1 aliphatic rings. The Kier molecular flexibility index (Phi) is 3.20. The van der Waals surface area contributed by atoms with Crippen LogP contribution in [0.2, 0.25) is 0 Å². The van der Waals surface area contributed by atoms with E-state index in [9.17, 15) is 9.18 Å². The lowest BCUT2D eigenvalue weighted by Crippen LogP contribution is -2.25. The van der Waals surface area contributed by atoms with Crippen molar-refractivity contribution in [3.8, 4) is 5.75 Å². The number of pyridine rings is 1. The Hall–Kier alpha value is -2.63. The SMILES string of the molecule is O=C1COc2ccc(CNc3cccc(F)n3)cc2N1. The predicted molar refractivity (Wildman–Crippen MR) is 72.1 cm³/mol. The van der Waals surface area contributed by atoms with E-state index in [4.69, 9.17) is 4.74 Å². The number of fused-ring (bicyclic) bond motifs is 1. The standard InChI is InChI=1S/C14H12FN3O2/c15-12-2-1-3-13(18-12)16-7-9-4-5-11-10(6-9)17-14(19)8-20-11/h1-6H,7-8H2,(H,16,18)(H,17,19). The van der Waals surface area contributed by atoms with Gasteiger partial charge in [-0.05, 0) is 29.8 Å². The predicted octanol–water partition coefficient (Wildman–Crippen LogP) is 2.16. The van der Waals surface area contributed by atoms with Crippen molar-refractivity contribution in [2.75, 3.05) is 17.2 Å². The highest BCUT2D eigenvalue weighted by Crippen LogP contribution is 2.28. The number of nitrogens with one attached hydrogen (secondary N) is 2. The van der Waals surface area contributed by atoms with Gasteiger partial charge in [-0.15, -0.1) is 0 Å². The third-order valence-corrected chi connectivity index (χ3v) is 2.87. The van der Waals surface area contributed by atoms with Gasteiger partial charge in [-0.2, -0.15) is 4.39 Å². The Labute approximate surface area is 114 Å². The van der Waals surface area contributed by atoms with Crippen LogP contribution in [0.15, 0.2) is 36.4 Å². The number of amides is 1. The molecule has 0 atom stereocenters. The van der Waals surface area contributed by atoms with E-state index in [1.54, 1.807) is 18.2 Å². The Bertz CT molecular complexity index is 661. The summed E-state index contributed by atoms with van der Waals surface area (Å²) in [7, 11) is 0. The van der Waals surface area contributed by atoms with Crippen LogP contribution in [0.4, 0.5) is 15.9 Å². The molecule has 0 saturated heterocycles. The van der Waals surface area contributed by atoms with E-state index in [0.717, 1.165) is 5.56 Å². The van der Waals surface area contributed by atoms with Gasteiger partial charge in [-0.25, -0.2) is 4.98 Å². The molecule has 0 unspecified atom stereocenters. The molecule has 0 spiro atoms. The highest BCUT2D eigenvalue weighted by molar-refractivity contribution is 5.95. The normalized spacial score (nSPS) is 13.2. The lowest BCUT2D eigenvalue weighted by Gasteiger charge is -2.18. The van der Waals surface area contributed by atoms with Crippen molar-refractivity contribution in [3.63, 3.8) is 0 Å². The molecular weight excluding hydrogens is 261 g/mol. The maximum Gasteiger partial charge on any atom is 0.262 e. The fraction of sp³-hybridized carbons (Fsp3) is 0.143. The van der Waals surface area contributed by atoms with E-state index >= 15 is 0 Å². The number of carbonyl (C=O) groups excluding carboxylic acids is 1. The van der Waals surface area contributed by atoms with Crippen LogP contribution in [0, 0.1) is 5.95 Å². The van der Waals surface area contributed by atoms with Crippen molar-refractivity contribution in [1.29, 1.82) is 0 Å².